The van der Waals surface area contributed by atoms with E-state index in [2.05, 4.69) is 5.27 Å². The average Bonchev–Trinajstić information content (AvgIpc) is 3.32. The summed E-state index contributed by atoms with van der Waals surface area (Å²) in [7, 11) is 1.48. The van der Waals surface area contributed by atoms with Crippen LogP contribution < -0.4 is 16.0 Å². The molecule has 5 aromatic rings. The molecule has 3 aromatic heterocycles. The van der Waals surface area contributed by atoms with Gasteiger partial charge in [-0.2, -0.15) is 0 Å². The summed E-state index contributed by atoms with van der Waals surface area (Å²) in [6, 6.07) is 15.0. The van der Waals surface area contributed by atoms with E-state index in [9.17, 15) is 14.0 Å². The van der Waals surface area contributed by atoms with Gasteiger partial charge in [-0.3, -0.25) is 9.32 Å². The van der Waals surface area contributed by atoms with Crippen LogP contribution in [-0.4, -0.2) is 16.0 Å². The summed E-state index contributed by atoms with van der Waals surface area (Å²) >= 11 is 7.08. The Bertz CT molecular complexity index is 1600. The largest absolute Gasteiger partial charge is 0.438 e. The highest BCUT2D eigenvalue weighted by Crippen LogP contribution is 2.42. The summed E-state index contributed by atoms with van der Waals surface area (Å²) in [6.07, 6.45) is 0. The predicted molar refractivity (Wildman–Crippen MR) is 124 cm³/mol. The molecule has 5 rings (SSSR count). The van der Waals surface area contributed by atoms with Crippen molar-refractivity contribution in [3.8, 4) is 22.4 Å². The zero-order valence-corrected chi connectivity index (χ0v) is 18.6. The van der Waals surface area contributed by atoms with Crippen molar-refractivity contribution in [2.45, 2.75) is 0 Å². The number of H-pyrrole nitrogens is 1. The molecule has 0 fully saturated rings. The minimum absolute atomic E-state index is 0.144. The highest BCUT2D eigenvalue weighted by molar-refractivity contribution is 7.21. The number of rotatable bonds is 4. The highest BCUT2D eigenvalue weighted by Gasteiger charge is 2.32. The third kappa shape index (κ3) is 3.61. The first kappa shape index (κ1) is 21.0. The molecular weight excluding hydrogens is 467 g/mol. The maximum absolute atomic E-state index is 14.1. The standard InChI is InChI=1S/C23H14ClFN4O3S/c1-29-19(23(31)32-28-29)20(30)21-18(26)17-15(12-3-2-4-14(25)9-12)10-16(27-22(17)33-21)11-5-7-13(24)8-6-11/h2-10H,1H3,(H2-,26,28,30,31)/p+1. The first-order chi connectivity index (χ1) is 15.8. The van der Waals surface area contributed by atoms with Crippen LogP contribution in [0.25, 0.3) is 32.6 Å². The maximum Gasteiger partial charge on any atom is 0.438 e. The SMILES string of the molecule is C[n+]1[nH]oc(=O)c1C(=O)c1sc2nc(-c3ccc(Cl)cc3)cc(-c3cccc(F)c3)c2c1N. The van der Waals surface area contributed by atoms with Crippen LogP contribution in [0.4, 0.5) is 10.1 Å². The third-order valence-electron chi connectivity index (χ3n) is 5.20. The van der Waals surface area contributed by atoms with Gasteiger partial charge in [0.1, 0.15) is 15.5 Å². The van der Waals surface area contributed by atoms with Gasteiger partial charge in [0.05, 0.1) is 11.4 Å². The summed E-state index contributed by atoms with van der Waals surface area (Å²) < 4.78 is 20.0. The molecule has 3 heterocycles. The van der Waals surface area contributed by atoms with Crippen molar-refractivity contribution in [2.75, 3.05) is 5.73 Å². The number of carbonyl (C=O) groups excluding carboxylic acids is 1. The number of thiophene rings is 1. The number of ketones is 1. The number of aromatic amines is 1. The second kappa shape index (κ2) is 7.95. The lowest BCUT2D eigenvalue weighted by atomic mass is 9.99. The van der Waals surface area contributed by atoms with Crippen molar-refractivity contribution in [1.29, 1.82) is 0 Å². The maximum atomic E-state index is 14.1. The number of nitrogens with one attached hydrogen (secondary N) is 1. The second-order valence-electron chi connectivity index (χ2n) is 7.31. The fourth-order valence-corrected chi connectivity index (χ4v) is 4.82. The van der Waals surface area contributed by atoms with Crippen LogP contribution in [0.15, 0.2) is 63.9 Å². The van der Waals surface area contributed by atoms with E-state index >= 15 is 0 Å². The van der Waals surface area contributed by atoms with E-state index in [0.29, 0.717) is 32.1 Å². The molecule has 164 valence electrons. The number of nitrogens with zero attached hydrogens (tertiary/aromatic N) is 2. The molecule has 0 saturated carbocycles. The Hall–Kier alpha value is -3.82. The molecule has 0 spiro atoms. The van der Waals surface area contributed by atoms with Crippen LogP contribution in [-0.2, 0) is 7.05 Å². The number of nitrogens with two attached hydrogens (primary N) is 1. The van der Waals surface area contributed by atoms with E-state index in [1.165, 1.54) is 23.9 Å². The number of halogens is 2. The monoisotopic (exact) mass is 481 g/mol. The lowest BCUT2D eigenvalue weighted by Crippen LogP contribution is -2.39. The predicted octanol–water partition coefficient (Wildman–Crippen LogP) is 4.34. The molecule has 3 N–H and O–H groups in total. The fourth-order valence-electron chi connectivity index (χ4n) is 3.64. The Labute approximate surface area is 194 Å². The Morgan fingerprint density at radius 2 is 1.94 bits per heavy atom. The number of fused-ring (bicyclic) bond motifs is 1. The molecule has 0 saturated heterocycles. The second-order valence-corrected chi connectivity index (χ2v) is 8.75. The lowest BCUT2D eigenvalue weighted by molar-refractivity contribution is -0.741. The first-order valence-corrected chi connectivity index (χ1v) is 10.9. The molecule has 0 bridgehead atoms. The minimum Gasteiger partial charge on any atom is -0.397 e. The van der Waals surface area contributed by atoms with Gasteiger partial charge in [0.2, 0.25) is 0 Å². The van der Waals surface area contributed by atoms with E-state index in [1.807, 2.05) is 12.1 Å². The molecule has 0 unspecified atom stereocenters. The molecule has 0 amide bonds. The number of pyridine rings is 1. The molecule has 7 nitrogen and oxygen atoms in total. The molecule has 0 radical (unpaired) electrons. The van der Waals surface area contributed by atoms with Crippen molar-refractivity contribution in [2.24, 2.45) is 7.05 Å². The lowest BCUT2D eigenvalue weighted by Gasteiger charge is -2.09. The van der Waals surface area contributed by atoms with Gasteiger partial charge in [0, 0.05) is 16.0 Å². The van der Waals surface area contributed by atoms with Gasteiger partial charge in [0.15, 0.2) is 7.05 Å². The molecule has 2 aromatic carbocycles. The average molecular weight is 482 g/mol. The Morgan fingerprint density at radius 3 is 2.61 bits per heavy atom. The van der Waals surface area contributed by atoms with E-state index in [1.54, 1.807) is 30.3 Å². The molecule has 0 aliphatic heterocycles. The molecule has 0 atom stereocenters. The third-order valence-corrected chi connectivity index (χ3v) is 6.55. The zero-order chi connectivity index (χ0) is 23.3. The first-order valence-electron chi connectivity index (χ1n) is 9.70. The van der Waals surface area contributed by atoms with Gasteiger partial charge in [-0.1, -0.05) is 40.5 Å². The van der Waals surface area contributed by atoms with Crippen LogP contribution in [0, 0.1) is 5.82 Å². The quantitative estimate of drug-likeness (QED) is 0.293. The van der Waals surface area contributed by atoms with Gasteiger partial charge in [-0.05, 0) is 46.7 Å². The number of aryl methyl sites for hydroxylation is 1. The minimum atomic E-state index is -0.806. The summed E-state index contributed by atoms with van der Waals surface area (Å²) in [4.78, 5) is 30.5. The van der Waals surface area contributed by atoms with E-state index < -0.39 is 17.2 Å². The number of aromatic nitrogens is 3. The van der Waals surface area contributed by atoms with Gasteiger partial charge in [-0.25, -0.2) is 14.2 Å². The fraction of sp³-hybridized carbons (Fsp3) is 0.0435. The number of nitrogen functional groups attached to an aromatic ring is 1. The smallest absolute Gasteiger partial charge is 0.397 e. The summed E-state index contributed by atoms with van der Waals surface area (Å²) in [6.45, 7) is 0. The van der Waals surface area contributed by atoms with E-state index in [-0.39, 0.29) is 16.3 Å². The number of benzene rings is 2. The number of anilines is 1. The van der Waals surface area contributed by atoms with Crippen LogP contribution in [0.3, 0.4) is 0 Å². The summed E-state index contributed by atoms with van der Waals surface area (Å²) in [5, 5.41) is 3.41. The van der Waals surface area contributed by atoms with Gasteiger partial charge in [0.25, 0.3) is 5.78 Å². The van der Waals surface area contributed by atoms with Gasteiger partial charge in [-0.15, -0.1) is 11.3 Å². The van der Waals surface area contributed by atoms with Crippen LogP contribution in [0.5, 0.6) is 0 Å². The molecule has 10 heteroatoms. The van der Waals surface area contributed by atoms with Crippen LogP contribution in [0.1, 0.15) is 15.4 Å². The van der Waals surface area contributed by atoms with Crippen molar-refractivity contribution >= 4 is 44.6 Å². The normalized spacial score (nSPS) is 11.2. The van der Waals surface area contributed by atoms with Crippen LogP contribution in [0.2, 0.25) is 5.02 Å². The van der Waals surface area contributed by atoms with Crippen molar-refractivity contribution < 1.29 is 18.4 Å². The van der Waals surface area contributed by atoms with E-state index in [4.69, 9.17) is 26.8 Å². The van der Waals surface area contributed by atoms with E-state index in [0.717, 1.165) is 16.9 Å². The zero-order valence-electron chi connectivity index (χ0n) is 17.1. The van der Waals surface area contributed by atoms with Crippen molar-refractivity contribution in [1.82, 2.24) is 10.3 Å². The van der Waals surface area contributed by atoms with Crippen molar-refractivity contribution in [3.63, 3.8) is 0 Å². The molecular formula is C23H15ClFN4O3S+. The molecule has 0 aliphatic rings. The van der Waals surface area contributed by atoms with Crippen LogP contribution >= 0.6 is 22.9 Å². The molecule has 33 heavy (non-hydrogen) atoms. The highest BCUT2D eigenvalue weighted by atomic mass is 35.5. The summed E-state index contributed by atoms with van der Waals surface area (Å²) in [5.41, 5.74) is 8.16. The topological polar surface area (TPSA) is 106 Å². The Morgan fingerprint density at radius 1 is 1.18 bits per heavy atom. The number of hydrogen-bond acceptors (Lipinski definition) is 6. The van der Waals surface area contributed by atoms with Crippen molar-refractivity contribution in [3.05, 3.63) is 86.4 Å². The van der Waals surface area contributed by atoms with Gasteiger partial charge >= 0.3 is 11.3 Å². The Kier molecular flexibility index (Phi) is 5.07. The summed E-state index contributed by atoms with van der Waals surface area (Å²) in [5.74, 6) is -1.00. The molecule has 0 aliphatic carbocycles. The number of carbonyl (C=O) groups is 1. The number of hydrogen-bond donors (Lipinski definition) is 2. The van der Waals surface area contributed by atoms with Gasteiger partial charge < -0.3 is 5.73 Å². The Balaban J connectivity index is 1.79.